The number of nitrogens with one attached hydrogen (secondary N) is 1. The summed E-state index contributed by atoms with van der Waals surface area (Å²) in [7, 11) is 0. The minimum Gasteiger partial charge on any atom is -0.487 e. The fraction of sp³-hybridized carbons (Fsp3) is 0.200. The van der Waals surface area contributed by atoms with Crippen LogP contribution in [-0.2, 0) is 13.2 Å². The minimum absolute atomic E-state index is 0.251. The van der Waals surface area contributed by atoms with Crippen molar-refractivity contribution in [2.75, 3.05) is 5.43 Å². The Bertz CT molecular complexity index is 734. The van der Waals surface area contributed by atoms with Crippen molar-refractivity contribution in [1.29, 1.82) is 10.5 Å². The van der Waals surface area contributed by atoms with Crippen LogP contribution in [0.4, 0.5) is 5.69 Å². The molecule has 1 heterocycles. The quantitative estimate of drug-likeness (QED) is 0.651. The van der Waals surface area contributed by atoms with E-state index in [2.05, 4.69) is 15.6 Å². The largest absolute Gasteiger partial charge is 0.487 e. The topological polar surface area (TPSA) is 99.0 Å². The monoisotopic (exact) mass is 294 g/mol. The number of rotatable bonds is 6. The Morgan fingerprint density at radius 3 is 2.82 bits per heavy atom. The van der Waals surface area contributed by atoms with E-state index in [1.165, 1.54) is 0 Å². The molecule has 0 fully saturated rings. The third-order valence-corrected chi connectivity index (χ3v) is 2.79. The first-order chi connectivity index (χ1) is 10.8. The number of aryl methyl sites for hydroxylation is 1. The van der Waals surface area contributed by atoms with Gasteiger partial charge >= 0.3 is 0 Å². The second-order valence-corrected chi connectivity index (χ2v) is 4.28. The molecular formula is C15H14N6O. The molecule has 0 radical (unpaired) electrons. The van der Waals surface area contributed by atoms with Crippen molar-refractivity contribution in [3.8, 4) is 17.9 Å². The van der Waals surface area contributed by atoms with E-state index in [0.29, 0.717) is 18.0 Å². The highest BCUT2D eigenvalue weighted by Gasteiger charge is 2.04. The summed E-state index contributed by atoms with van der Waals surface area (Å²) < 4.78 is 7.55. The molecule has 0 atom stereocenters. The van der Waals surface area contributed by atoms with E-state index in [9.17, 15) is 0 Å². The number of nitrogens with zero attached hydrogens (tertiary/aromatic N) is 5. The van der Waals surface area contributed by atoms with Crippen molar-refractivity contribution in [3.05, 3.63) is 42.2 Å². The number of hydrogen-bond donors (Lipinski definition) is 1. The molecule has 0 saturated heterocycles. The maximum Gasteiger partial charge on any atom is 0.237 e. The zero-order chi connectivity index (χ0) is 15.8. The van der Waals surface area contributed by atoms with Gasteiger partial charge in [-0.3, -0.25) is 10.1 Å². The molecule has 0 spiro atoms. The molecule has 0 saturated carbocycles. The van der Waals surface area contributed by atoms with Crippen LogP contribution >= 0.6 is 0 Å². The van der Waals surface area contributed by atoms with Gasteiger partial charge in [0.2, 0.25) is 5.71 Å². The molecule has 1 aromatic carbocycles. The summed E-state index contributed by atoms with van der Waals surface area (Å²) in [5.41, 5.74) is 3.94. The Morgan fingerprint density at radius 2 is 2.14 bits per heavy atom. The van der Waals surface area contributed by atoms with Crippen molar-refractivity contribution in [1.82, 2.24) is 9.78 Å². The summed E-state index contributed by atoms with van der Waals surface area (Å²) in [6.45, 7) is 3.18. The first kappa shape index (κ1) is 15.1. The van der Waals surface area contributed by atoms with Crippen molar-refractivity contribution in [2.45, 2.75) is 20.1 Å². The molecule has 22 heavy (non-hydrogen) atoms. The molecule has 0 aliphatic heterocycles. The van der Waals surface area contributed by atoms with Gasteiger partial charge in [-0.25, -0.2) is 0 Å². The van der Waals surface area contributed by atoms with Gasteiger partial charge < -0.3 is 4.74 Å². The van der Waals surface area contributed by atoms with E-state index in [4.69, 9.17) is 15.3 Å². The number of anilines is 1. The van der Waals surface area contributed by atoms with Gasteiger partial charge in [0.1, 0.15) is 24.5 Å². The second kappa shape index (κ2) is 7.46. The zero-order valence-electron chi connectivity index (χ0n) is 12.0. The number of hydrazone groups is 1. The third kappa shape index (κ3) is 3.84. The van der Waals surface area contributed by atoms with Gasteiger partial charge in [0, 0.05) is 18.3 Å². The number of aromatic nitrogens is 2. The number of nitriles is 2. The first-order valence-corrected chi connectivity index (χ1v) is 6.64. The second-order valence-electron chi connectivity index (χ2n) is 4.28. The predicted molar refractivity (Wildman–Crippen MR) is 81.0 cm³/mol. The van der Waals surface area contributed by atoms with Crippen molar-refractivity contribution < 1.29 is 4.74 Å². The van der Waals surface area contributed by atoms with Crippen LogP contribution in [0, 0.1) is 22.7 Å². The summed E-state index contributed by atoms with van der Waals surface area (Å²) in [4.78, 5) is 0. The third-order valence-electron chi connectivity index (χ3n) is 2.79. The van der Waals surface area contributed by atoms with E-state index in [1.54, 1.807) is 36.5 Å². The molecule has 0 unspecified atom stereocenters. The molecular weight excluding hydrogens is 280 g/mol. The van der Waals surface area contributed by atoms with E-state index < -0.39 is 0 Å². The van der Waals surface area contributed by atoms with Gasteiger partial charge in [0.25, 0.3) is 0 Å². The van der Waals surface area contributed by atoms with Crippen LogP contribution in [0.5, 0.6) is 5.75 Å². The van der Waals surface area contributed by atoms with Crippen molar-refractivity contribution in [3.63, 3.8) is 0 Å². The van der Waals surface area contributed by atoms with Gasteiger partial charge in [-0.2, -0.15) is 20.7 Å². The number of para-hydroxylation sites is 2. The lowest BCUT2D eigenvalue weighted by atomic mass is 10.3. The van der Waals surface area contributed by atoms with Gasteiger partial charge in [-0.15, -0.1) is 0 Å². The number of hydrogen-bond acceptors (Lipinski definition) is 6. The molecule has 110 valence electrons. The van der Waals surface area contributed by atoms with Crippen molar-refractivity contribution >= 4 is 11.4 Å². The summed E-state index contributed by atoms with van der Waals surface area (Å²) in [5.74, 6) is 0.575. The maximum atomic E-state index is 8.67. The van der Waals surface area contributed by atoms with Crippen LogP contribution in [0.2, 0.25) is 0 Å². The Labute approximate surface area is 128 Å². The minimum atomic E-state index is -0.251. The van der Waals surface area contributed by atoms with Crippen LogP contribution in [0.15, 0.2) is 41.8 Å². The van der Waals surface area contributed by atoms with Crippen LogP contribution in [-0.4, -0.2) is 15.5 Å². The molecule has 7 heteroatoms. The molecule has 0 amide bonds. The Hall–Kier alpha value is -3.32. The first-order valence-electron chi connectivity index (χ1n) is 6.64. The van der Waals surface area contributed by atoms with E-state index >= 15 is 0 Å². The van der Waals surface area contributed by atoms with E-state index in [1.807, 2.05) is 23.9 Å². The Morgan fingerprint density at radius 1 is 1.36 bits per heavy atom. The molecule has 2 aromatic rings. The lowest BCUT2D eigenvalue weighted by molar-refractivity contribution is 0.307. The normalized spacial score (nSPS) is 9.41. The van der Waals surface area contributed by atoms with Gasteiger partial charge in [-0.1, -0.05) is 12.1 Å². The molecule has 0 aliphatic rings. The standard InChI is InChI=1S/C15H14N6O/c1-2-21-10-12(9-18-21)11-22-15-6-4-3-5-14(15)20-19-13(7-16)8-17/h3-6,9-10,20H,2,11H2,1H3. The lowest BCUT2D eigenvalue weighted by Crippen LogP contribution is -2.00. The van der Waals surface area contributed by atoms with Crippen LogP contribution in [0.3, 0.4) is 0 Å². The number of benzene rings is 1. The van der Waals surface area contributed by atoms with Crippen LogP contribution in [0.25, 0.3) is 0 Å². The Kier molecular flexibility index (Phi) is 5.11. The SMILES string of the molecule is CCn1cc(COc2ccccc2NN=C(C#N)C#N)cn1. The average molecular weight is 294 g/mol. The predicted octanol–water partition coefficient (Wildman–Crippen LogP) is 2.30. The summed E-state index contributed by atoms with van der Waals surface area (Å²) in [5, 5.41) is 25.2. The van der Waals surface area contributed by atoms with Crippen LogP contribution in [0.1, 0.15) is 12.5 Å². The zero-order valence-corrected chi connectivity index (χ0v) is 12.0. The highest BCUT2D eigenvalue weighted by Crippen LogP contribution is 2.24. The summed E-state index contributed by atoms with van der Waals surface area (Å²) >= 11 is 0. The van der Waals surface area contributed by atoms with Crippen LogP contribution < -0.4 is 10.2 Å². The highest BCUT2D eigenvalue weighted by atomic mass is 16.5. The molecule has 2 rings (SSSR count). The van der Waals surface area contributed by atoms with E-state index in [-0.39, 0.29) is 5.71 Å². The highest BCUT2D eigenvalue weighted by molar-refractivity contribution is 6.10. The molecule has 1 aromatic heterocycles. The van der Waals surface area contributed by atoms with Crippen molar-refractivity contribution in [2.24, 2.45) is 5.10 Å². The molecule has 0 aliphatic carbocycles. The fourth-order valence-electron chi connectivity index (χ4n) is 1.69. The fourth-order valence-corrected chi connectivity index (χ4v) is 1.69. The molecule has 1 N–H and O–H groups in total. The average Bonchev–Trinajstić information content (AvgIpc) is 3.03. The summed E-state index contributed by atoms with van der Waals surface area (Å²) in [6, 6.07) is 10.5. The van der Waals surface area contributed by atoms with Gasteiger partial charge in [0.15, 0.2) is 0 Å². The Balaban J connectivity index is 2.07. The van der Waals surface area contributed by atoms with E-state index in [0.717, 1.165) is 12.1 Å². The smallest absolute Gasteiger partial charge is 0.237 e. The lowest BCUT2D eigenvalue weighted by Gasteiger charge is -2.09. The van der Waals surface area contributed by atoms with Gasteiger partial charge in [0.05, 0.1) is 11.9 Å². The summed E-state index contributed by atoms with van der Waals surface area (Å²) in [6.07, 6.45) is 3.67. The van der Waals surface area contributed by atoms with Gasteiger partial charge in [-0.05, 0) is 19.1 Å². The molecule has 7 nitrogen and oxygen atoms in total. The number of ether oxygens (including phenoxy) is 1. The maximum absolute atomic E-state index is 8.67. The molecule has 0 bridgehead atoms.